The molecule has 0 radical (unpaired) electrons. The van der Waals surface area contributed by atoms with Crippen molar-refractivity contribution >= 4 is 31.6 Å². The first-order valence-corrected chi connectivity index (χ1v) is 12.2. The molecule has 30 heavy (non-hydrogen) atoms. The smallest absolute Gasteiger partial charge is 0.259 e. The van der Waals surface area contributed by atoms with Crippen LogP contribution < -0.4 is 19.5 Å². The minimum Gasteiger partial charge on any atom is -0.496 e. The Morgan fingerprint density at radius 3 is 2.07 bits per heavy atom. The average molecular weight is 456 g/mol. The monoisotopic (exact) mass is 455 g/mol. The molecule has 0 spiro atoms. The first kappa shape index (κ1) is 23.8. The number of carbonyl (C=O) groups is 1. The highest BCUT2D eigenvalue weighted by atomic mass is 32.2. The van der Waals surface area contributed by atoms with E-state index in [0.717, 1.165) is 0 Å². The van der Waals surface area contributed by atoms with Crippen molar-refractivity contribution in [2.45, 2.75) is 30.1 Å². The molecule has 0 aliphatic rings. The fourth-order valence-corrected chi connectivity index (χ4v) is 4.74. The summed E-state index contributed by atoms with van der Waals surface area (Å²) in [5.74, 6) is -0.397. The van der Waals surface area contributed by atoms with E-state index in [4.69, 9.17) is 4.74 Å². The van der Waals surface area contributed by atoms with Crippen LogP contribution in [0, 0.1) is 0 Å². The predicted molar refractivity (Wildman–Crippen MR) is 114 cm³/mol. The highest BCUT2D eigenvalue weighted by Crippen LogP contribution is 2.24. The zero-order valence-corrected chi connectivity index (χ0v) is 18.6. The van der Waals surface area contributed by atoms with Gasteiger partial charge in [-0.3, -0.25) is 4.79 Å². The number of hydrogen-bond donors (Lipinski definition) is 3. The van der Waals surface area contributed by atoms with E-state index in [1.807, 2.05) is 6.92 Å². The lowest BCUT2D eigenvalue weighted by atomic mass is 10.2. The number of sulfonamides is 2. The summed E-state index contributed by atoms with van der Waals surface area (Å²) in [5, 5.41) is 2.62. The predicted octanol–water partition coefficient (Wildman–Crippen LogP) is 1.93. The summed E-state index contributed by atoms with van der Waals surface area (Å²) in [7, 11) is -6.00. The van der Waals surface area contributed by atoms with Gasteiger partial charge in [0.15, 0.2) is 0 Å². The third kappa shape index (κ3) is 5.79. The van der Waals surface area contributed by atoms with Crippen molar-refractivity contribution in [3.63, 3.8) is 0 Å². The molecule has 0 atom stereocenters. The minimum atomic E-state index is -3.75. The lowest BCUT2D eigenvalue weighted by molar-refractivity contribution is 0.102. The van der Waals surface area contributed by atoms with Gasteiger partial charge in [-0.25, -0.2) is 26.3 Å². The number of benzene rings is 2. The van der Waals surface area contributed by atoms with E-state index in [0.29, 0.717) is 18.7 Å². The molecule has 0 aliphatic carbocycles. The van der Waals surface area contributed by atoms with E-state index in [2.05, 4.69) is 14.8 Å². The Morgan fingerprint density at radius 1 is 0.900 bits per heavy atom. The second kappa shape index (κ2) is 10.0. The second-order valence-electron chi connectivity index (χ2n) is 6.24. The summed E-state index contributed by atoms with van der Waals surface area (Å²) in [6.45, 7) is 4.04. The third-order valence-electron chi connectivity index (χ3n) is 4.02. The third-order valence-corrected chi connectivity index (χ3v) is 7.04. The summed E-state index contributed by atoms with van der Waals surface area (Å²) in [5.41, 5.74) is 0.370. The number of ether oxygens (including phenoxy) is 1. The zero-order valence-electron chi connectivity index (χ0n) is 16.9. The summed E-state index contributed by atoms with van der Waals surface area (Å²) in [6, 6.07) is 9.60. The Labute approximate surface area is 176 Å². The topological polar surface area (TPSA) is 131 Å². The van der Waals surface area contributed by atoms with E-state index in [-0.39, 0.29) is 27.6 Å². The number of nitrogens with one attached hydrogen (secondary N) is 3. The van der Waals surface area contributed by atoms with Gasteiger partial charge in [-0.05, 0) is 48.9 Å². The SMILES string of the molecule is CCCNS(=O)(=O)c1ccc(NC(=O)c2cc(S(=O)(=O)NCC)ccc2OC)cc1. The largest absolute Gasteiger partial charge is 0.496 e. The molecule has 0 bridgehead atoms. The molecule has 0 unspecified atom stereocenters. The van der Waals surface area contributed by atoms with Gasteiger partial charge in [0.2, 0.25) is 20.0 Å². The molecule has 2 aromatic rings. The fourth-order valence-electron chi connectivity index (χ4n) is 2.54. The van der Waals surface area contributed by atoms with Crippen LogP contribution in [0.2, 0.25) is 0 Å². The Hall–Kier alpha value is -2.47. The molecule has 0 fully saturated rings. The van der Waals surface area contributed by atoms with E-state index in [1.54, 1.807) is 6.92 Å². The van der Waals surface area contributed by atoms with Crippen molar-refractivity contribution in [1.82, 2.24) is 9.44 Å². The Kier molecular flexibility index (Phi) is 7.96. The van der Waals surface area contributed by atoms with E-state index in [1.165, 1.54) is 49.6 Å². The quantitative estimate of drug-likeness (QED) is 0.502. The van der Waals surface area contributed by atoms with Crippen LogP contribution >= 0.6 is 0 Å². The molecule has 11 heteroatoms. The average Bonchev–Trinajstić information content (AvgIpc) is 2.72. The van der Waals surface area contributed by atoms with Crippen LogP contribution in [0.1, 0.15) is 30.6 Å². The maximum Gasteiger partial charge on any atom is 0.259 e. The number of methoxy groups -OCH3 is 1. The van der Waals surface area contributed by atoms with Crippen LogP contribution in [-0.2, 0) is 20.0 Å². The molecule has 2 aromatic carbocycles. The van der Waals surface area contributed by atoms with Crippen molar-refractivity contribution < 1.29 is 26.4 Å². The first-order valence-electron chi connectivity index (χ1n) is 9.23. The lowest BCUT2D eigenvalue weighted by Crippen LogP contribution is -2.24. The van der Waals surface area contributed by atoms with E-state index in [9.17, 15) is 21.6 Å². The van der Waals surface area contributed by atoms with Gasteiger partial charge in [0.25, 0.3) is 5.91 Å². The standard InChI is InChI=1S/C19H25N3O6S2/c1-4-12-21-29(24,25)15-8-6-14(7-9-15)22-19(23)17-13-16(10-11-18(17)28-3)30(26,27)20-5-2/h6-11,13,20-21H,4-5,12H2,1-3H3,(H,22,23). The van der Waals surface area contributed by atoms with Gasteiger partial charge < -0.3 is 10.1 Å². The van der Waals surface area contributed by atoms with Crippen LogP contribution in [0.3, 0.4) is 0 Å². The molecule has 3 N–H and O–H groups in total. The Balaban J connectivity index is 2.27. The van der Waals surface area contributed by atoms with Gasteiger partial charge in [-0.2, -0.15) is 0 Å². The van der Waals surface area contributed by atoms with Gasteiger partial charge in [0.1, 0.15) is 5.75 Å². The summed E-state index contributed by atoms with van der Waals surface area (Å²) < 4.78 is 58.7. The molecule has 0 saturated carbocycles. The summed E-state index contributed by atoms with van der Waals surface area (Å²) >= 11 is 0. The Bertz CT molecular complexity index is 1100. The number of carbonyl (C=O) groups excluding carboxylic acids is 1. The van der Waals surface area contributed by atoms with Gasteiger partial charge in [0.05, 0.1) is 22.5 Å². The van der Waals surface area contributed by atoms with Crippen molar-refractivity contribution in [3.05, 3.63) is 48.0 Å². The molecule has 1 amide bonds. The van der Waals surface area contributed by atoms with E-state index < -0.39 is 26.0 Å². The van der Waals surface area contributed by atoms with Crippen molar-refractivity contribution in [3.8, 4) is 5.75 Å². The van der Waals surface area contributed by atoms with Crippen molar-refractivity contribution in [1.29, 1.82) is 0 Å². The minimum absolute atomic E-state index is 0.0257. The number of anilines is 1. The number of rotatable bonds is 10. The number of hydrogen-bond acceptors (Lipinski definition) is 6. The highest BCUT2D eigenvalue weighted by molar-refractivity contribution is 7.89. The van der Waals surface area contributed by atoms with Crippen LogP contribution in [-0.4, -0.2) is 42.9 Å². The summed E-state index contributed by atoms with van der Waals surface area (Å²) in [6.07, 6.45) is 0.664. The van der Waals surface area contributed by atoms with E-state index >= 15 is 0 Å². The first-order chi connectivity index (χ1) is 14.1. The van der Waals surface area contributed by atoms with Gasteiger partial charge in [-0.15, -0.1) is 0 Å². The van der Waals surface area contributed by atoms with Gasteiger partial charge in [0, 0.05) is 18.8 Å². The zero-order chi connectivity index (χ0) is 22.4. The molecule has 0 aromatic heterocycles. The Morgan fingerprint density at radius 2 is 1.50 bits per heavy atom. The van der Waals surface area contributed by atoms with Crippen molar-refractivity contribution in [2.24, 2.45) is 0 Å². The lowest BCUT2D eigenvalue weighted by Gasteiger charge is -2.12. The maximum atomic E-state index is 12.7. The maximum absolute atomic E-state index is 12.7. The van der Waals surface area contributed by atoms with Gasteiger partial charge >= 0.3 is 0 Å². The second-order valence-corrected chi connectivity index (χ2v) is 9.77. The van der Waals surface area contributed by atoms with Crippen molar-refractivity contribution in [2.75, 3.05) is 25.5 Å². The normalized spacial score (nSPS) is 11.8. The fraction of sp³-hybridized carbons (Fsp3) is 0.316. The molecule has 2 rings (SSSR count). The van der Waals surface area contributed by atoms with Crippen LogP contribution in [0.4, 0.5) is 5.69 Å². The molecule has 0 heterocycles. The molecular weight excluding hydrogens is 430 g/mol. The van der Waals surface area contributed by atoms with Crippen LogP contribution in [0.5, 0.6) is 5.75 Å². The molecular formula is C19H25N3O6S2. The summed E-state index contributed by atoms with van der Waals surface area (Å²) in [4.78, 5) is 12.7. The number of amides is 1. The van der Waals surface area contributed by atoms with Crippen LogP contribution in [0.25, 0.3) is 0 Å². The molecule has 0 aliphatic heterocycles. The molecule has 9 nitrogen and oxygen atoms in total. The molecule has 164 valence electrons. The van der Waals surface area contributed by atoms with Gasteiger partial charge in [-0.1, -0.05) is 13.8 Å². The highest BCUT2D eigenvalue weighted by Gasteiger charge is 2.20. The van der Waals surface area contributed by atoms with Crippen LogP contribution in [0.15, 0.2) is 52.3 Å². The molecule has 0 saturated heterocycles.